The Morgan fingerprint density at radius 2 is 2.18 bits per heavy atom. The van der Waals surface area contributed by atoms with E-state index >= 15 is 0 Å². The number of benzene rings is 1. The first-order valence-electron chi connectivity index (χ1n) is 5.01. The minimum atomic E-state index is -3.58. The van der Waals surface area contributed by atoms with Crippen molar-refractivity contribution in [2.24, 2.45) is 0 Å². The van der Waals surface area contributed by atoms with E-state index in [1.165, 1.54) is 6.07 Å². The average molecular weight is 270 g/mol. The molecule has 0 amide bonds. The quantitative estimate of drug-likeness (QED) is 0.823. The zero-order valence-electron chi connectivity index (χ0n) is 9.73. The maximum Gasteiger partial charge on any atom is 0.241 e. The lowest BCUT2D eigenvalue weighted by Crippen LogP contribution is -2.26. The van der Waals surface area contributed by atoms with Crippen molar-refractivity contribution in [3.05, 3.63) is 29.3 Å². The van der Waals surface area contributed by atoms with E-state index in [1.54, 1.807) is 30.8 Å². The van der Waals surface area contributed by atoms with Crippen LogP contribution < -0.4 is 4.72 Å². The van der Waals surface area contributed by atoms with Gasteiger partial charge in [-0.3, -0.25) is 0 Å². The predicted octanol–water partition coefficient (Wildman–Crippen LogP) is 1.51. The van der Waals surface area contributed by atoms with Crippen LogP contribution in [0.1, 0.15) is 11.1 Å². The summed E-state index contributed by atoms with van der Waals surface area (Å²) < 4.78 is 26.4. The van der Waals surface area contributed by atoms with Gasteiger partial charge in [-0.05, 0) is 24.8 Å². The second-order valence-electron chi connectivity index (χ2n) is 3.45. The summed E-state index contributed by atoms with van der Waals surface area (Å²) >= 11 is 1.56. The Morgan fingerprint density at radius 3 is 2.76 bits per heavy atom. The highest BCUT2D eigenvalue weighted by Gasteiger charge is 2.18. The zero-order valence-corrected chi connectivity index (χ0v) is 11.4. The molecular formula is C11H14N2O2S2. The lowest BCUT2D eigenvalue weighted by Gasteiger charge is -2.08. The van der Waals surface area contributed by atoms with Gasteiger partial charge in [0.05, 0.1) is 10.5 Å². The summed E-state index contributed by atoms with van der Waals surface area (Å²) in [5.41, 5.74) is 0.879. The van der Waals surface area contributed by atoms with Crippen LogP contribution in [0.4, 0.5) is 0 Å². The van der Waals surface area contributed by atoms with Crippen LogP contribution in [-0.4, -0.2) is 27.0 Å². The van der Waals surface area contributed by atoms with Crippen molar-refractivity contribution in [3.8, 4) is 6.07 Å². The number of hydrogen-bond donors (Lipinski definition) is 1. The molecule has 1 aromatic carbocycles. The average Bonchev–Trinajstić information content (AvgIpc) is 2.29. The van der Waals surface area contributed by atoms with E-state index in [4.69, 9.17) is 5.26 Å². The van der Waals surface area contributed by atoms with E-state index in [0.29, 0.717) is 17.9 Å². The van der Waals surface area contributed by atoms with Crippen LogP contribution in [0.2, 0.25) is 0 Å². The number of hydrogen-bond acceptors (Lipinski definition) is 4. The van der Waals surface area contributed by atoms with Crippen molar-refractivity contribution in [2.45, 2.75) is 11.8 Å². The molecule has 1 N–H and O–H groups in total. The van der Waals surface area contributed by atoms with Crippen molar-refractivity contribution in [3.63, 3.8) is 0 Å². The predicted molar refractivity (Wildman–Crippen MR) is 69.5 cm³/mol. The normalized spacial score (nSPS) is 11.1. The number of aryl methyl sites for hydroxylation is 1. The second kappa shape index (κ2) is 6.05. The van der Waals surface area contributed by atoms with E-state index in [9.17, 15) is 8.42 Å². The lowest BCUT2D eigenvalue weighted by molar-refractivity contribution is 0.584. The molecule has 0 aromatic heterocycles. The summed E-state index contributed by atoms with van der Waals surface area (Å²) in [6, 6.07) is 6.75. The van der Waals surface area contributed by atoms with Gasteiger partial charge in [-0.15, -0.1) is 0 Å². The molecule has 0 radical (unpaired) electrons. The Kier molecular flexibility index (Phi) is 5.00. The highest BCUT2D eigenvalue weighted by Crippen LogP contribution is 2.18. The number of nitrogens with zero attached hydrogens (tertiary/aromatic N) is 1. The Morgan fingerprint density at radius 1 is 1.47 bits per heavy atom. The van der Waals surface area contributed by atoms with Crippen molar-refractivity contribution >= 4 is 21.8 Å². The Hall–Kier alpha value is -1.03. The highest BCUT2D eigenvalue weighted by atomic mass is 32.2. The van der Waals surface area contributed by atoms with E-state index < -0.39 is 10.0 Å². The smallest absolute Gasteiger partial charge is 0.210 e. The third-order valence-electron chi connectivity index (χ3n) is 2.23. The van der Waals surface area contributed by atoms with Crippen LogP contribution in [0.25, 0.3) is 0 Å². The van der Waals surface area contributed by atoms with Gasteiger partial charge in [0, 0.05) is 12.3 Å². The largest absolute Gasteiger partial charge is 0.241 e. The Bertz CT molecular complexity index is 533. The minimum absolute atomic E-state index is 0.0566. The van der Waals surface area contributed by atoms with Gasteiger partial charge in [0.2, 0.25) is 10.0 Å². The highest BCUT2D eigenvalue weighted by molar-refractivity contribution is 7.98. The molecule has 6 heteroatoms. The van der Waals surface area contributed by atoms with Gasteiger partial charge in [-0.25, -0.2) is 13.1 Å². The van der Waals surface area contributed by atoms with E-state index in [0.717, 1.165) is 0 Å². The van der Waals surface area contributed by atoms with Gasteiger partial charge in [0.15, 0.2) is 0 Å². The topological polar surface area (TPSA) is 70.0 Å². The third-order valence-corrected chi connectivity index (χ3v) is 4.35. The summed E-state index contributed by atoms with van der Waals surface area (Å²) in [6.07, 6.45) is 1.90. The van der Waals surface area contributed by atoms with Gasteiger partial charge < -0.3 is 0 Å². The molecule has 1 aromatic rings. The van der Waals surface area contributed by atoms with Gasteiger partial charge in [-0.2, -0.15) is 17.0 Å². The lowest BCUT2D eigenvalue weighted by atomic mass is 10.1. The molecule has 0 aliphatic rings. The molecule has 0 heterocycles. The van der Waals surface area contributed by atoms with E-state index in [2.05, 4.69) is 4.72 Å². The fourth-order valence-electron chi connectivity index (χ4n) is 1.36. The molecule has 4 nitrogen and oxygen atoms in total. The first kappa shape index (κ1) is 14.0. The molecule has 0 spiro atoms. The molecular weight excluding hydrogens is 256 g/mol. The summed E-state index contributed by atoms with van der Waals surface area (Å²) in [5, 5.41) is 8.99. The van der Waals surface area contributed by atoms with Crippen molar-refractivity contribution in [1.29, 1.82) is 5.26 Å². The van der Waals surface area contributed by atoms with E-state index in [1.807, 2.05) is 12.3 Å². The summed E-state index contributed by atoms with van der Waals surface area (Å²) in [6.45, 7) is 2.09. The third kappa shape index (κ3) is 3.46. The van der Waals surface area contributed by atoms with Crippen molar-refractivity contribution < 1.29 is 8.42 Å². The molecule has 1 rings (SSSR count). The number of thioether (sulfide) groups is 1. The number of sulfonamides is 1. The second-order valence-corrected chi connectivity index (χ2v) is 6.17. The van der Waals surface area contributed by atoms with Gasteiger partial charge >= 0.3 is 0 Å². The zero-order chi connectivity index (χ0) is 12.9. The summed E-state index contributed by atoms with van der Waals surface area (Å²) in [4.78, 5) is 0.0566. The van der Waals surface area contributed by atoms with Crippen LogP contribution in [0, 0.1) is 18.3 Å². The van der Waals surface area contributed by atoms with Crippen LogP contribution in [-0.2, 0) is 10.0 Å². The van der Waals surface area contributed by atoms with Crippen LogP contribution in [0.15, 0.2) is 23.1 Å². The Labute approximate surface area is 106 Å². The van der Waals surface area contributed by atoms with Crippen molar-refractivity contribution in [2.75, 3.05) is 18.6 Å². The standard InChI is InChI=1S/C11H14N2O2S2/c1-9-4-3-5-11(10(9)8-12)17(14,15)13-6-7-16-2/h3-5,13H,6-7H2,1-2H3. The van der Waals surface area contributed by atoms with Gasteiger partial charge in [-0.1, -0.05) is 12.1 Å². The van der Waals surface area contributed by atoms with Crippen molar-refractivity contribution in [1.82, 2.24) is 4.72 Å². The SMILES string of the molecule is CSCCNS(=O)(=O)c1cccc(C)c1C#N. The summed E-state index contributed by atoms with van der Waals surface area (Å²) in [7, 11) is -3.58. The van der Waals surface area contributed by atoms with Gasteiger partial charge in [0.1, 0.15) is 6.07 Å². The molecule has 0 atom stereocenters. The fourth-order valence-corrected chi connectivity index (χ4v) is 3.06. The first-order valence-corrected chi connectivity index (χ1v) is 7.89. The molecule has 0 saturated heterocycles. The molecule has 0 aliphatic heterocycles. The van der Waals surface area contributed by atoms with E-state index in [-0.39, 0.29) is 10.5 Å². The monoisotopic (exact) mass is 270 g/mol. The fraction of sp³-hybridized carbons (Fsp3) is 0.364. The maximum absolute atomic E-state index is 12.0. The molecule has 0 fully saturated rings. The van der Waals surface area contributed by atoms with Crippen LogP contribution in [0.5, 0.6) is 0 Å². The molecule has 0 aliphatic carbocycles. The summed E-state index contributed by atoms with van der Waals surface area (Å²) in [5.74, 6) is 0.701. The molecule has 92 valence electrons. The van der Waals surface area contributed by atoms with Crippen LogP contribution in [0.3, 0.4) is 0 Å². The Balaban J connectivity index is 3.08. The maximum atomic E-state index is 12.0. The first-order chi connectivity index (χ1) is 8.03. The number of nitrogens with one attached hydrogen (secondary N) is 1. The number of rotatable bonds is 5. The molecule has 0 unspecified atom stereocenters. The van der Waals surface area contributed by atoms with Crippen LogP contribution >= 0.6 is 11.8 Å². The molecule has 17 heavy (non-hydrogen) atoms. The van der Waals surface area contributed by atoms with Gasteiger partial charge in [0.25, 0.3) is 0 Å². The number of nitriles is 1. The molecule has 0 saturated carbocycles. The minimum Gasteiger partial charge on any atom is -0.210 e. The molecule has 0 bridgehead atoms.